The van der Waals surface area contributed by atoms with Crippen LogP contribution in [-0.2, 0) is 16.6 Å². The van der Waals surface area contributed by atoms with Crippen molar-refractivity contribution in [1.29, 1.82) is 0 Å². The Balaban J connectivity index is 2.07. The van der Waals surface area contributed by atoms with Gasteiger partial charge < -0.3 is 10.2 Å². The van der Waals surface area contributed by atoms with Gasteiger partial charge in [0.15, 0.2) is 0 Å². The lowest BCUT2D eigenvalue weighted by atomic mass is 10.2. The number of rotatable bonds is 7. The van der Waals surface area contributed by atoms with Crippen LogP contribution < -0.4 is 5.32 Å². The monoisotopic (exact) mass is 368 g/mol. The van der Waals surface area contributed by atoms with Crippen molar-refractivity contribution in [2.24, 2.45) is 7.05 Å². The smallest absolute Gasteiger partial charge is 0.247 e. The normalized spacial score (nSPS) is 11.0. The predicted octanol–water partition coefficient (Wildman–Crippen LogP) is 3.24. The third-order valence-corrected chi connectivity index (χ3v) is 4.52. The minimum atomic E-state index is -0.201. The Morgan fingerprint density at radius 2 is 1.93 bits per heavy atom. The molecule has 27 heavy (non-hydrogen) atoms. The summed E-state index contributed by atoms with van der Waals surface area (Å²) in [6.07, 6.45) is 4.08. The fraction of sp³-hybridized carbons (Fsp3) is 0.381. The van der Waals surface area contributed by atoms with Crippen LogP contribution in [0, 0.1) is 20.8 Å². The Bertz CT molecular complexity index is 852. The SMILES string of the molecule is CCCN(CC(=O)Nc1ccccc1C)C(=O)/C=C/c1c(C)nn(C)c1C. The Morgan fingerprint density at radius 3 is 2.52 bits per heavy atom. The van der Waals surface area contributed by atoms with E-state index in [1.54, 1.807) is 15.7 Å². The number of carbonyl (C=O) groups is 2. The van der Waals surface area contributed by atoms with Gasteiger partial charge in [0.25, 0.3) is 0 Å². The summed E-state index contributed by atoms with van der Waals surface area (Å²) in [4.78, 5) is 26.6. The van der Waals surface area contributed by atoms with Crippen LogP contribution in [0.4, 0.5) is 5.69 Å². The molecule has 0 atom stereocenters. The van der Waals surface area contributed by atoms with Gasteiger partial charge in [-0.1, -0.05) is 25.1 Å². The molecule has 1 N–H and O–H groups in total. The van der Waals surface area contributed by atoms with Gasteiger partial charge in [-0.2, -0.15) is 5.10 Å². The molecule has 144 valence electrons. The Kier molecular flexibility index (Phi) is 6.93. The zero-order chi connectivity index (χ0) is 20.0. The standard InChI is InChI=1S/C21H28N4O2/c1-6-13-25(14-20(26)22-19-10-8-7-9-15(19)2)21(27)12-11-18-16(3)23-24(5)17(18)4/h7-12H,6,13-14H2,1-5H3,(H,22,26)/b12-11+. The second kappa shape index (κ2) is 9.16. The molecule has 0 aliphatic rings. The number of amides is 2. The summed E-state index contributed by atoms with van der Waals surface area (Å²) in [6.45, 7) is 8.34. The molecule has 0 bridgehead atoms. The Labute approximate surface area is 160 Å². The molecule has 0 fully saturated rings. The van der Waals surface area contributed by atoms with Crippen molar-refractivity contribution >= 4 is 23.6 Å². The van der Waals surface area contributed by atoms with Crippen molar-refractivity contribution in [3.63, 3.8) is 0 Å². The number of hydrogen-bond donors (Lipinski definition) is 1. The fourth-order valence-electron chi connectivity index (χ4n) is 2.90. The van der Waals surface area contributed by atoms with Gasteiger partial charge in [0.2, 0.25) is 11.8 Å². The molecule has 0 saturated carbocycles. The van der Waals surface area contributed by atoms with Crippen molar-refractivity contribution in [3.8, 4) is 0 Å². The molecule has 2 rings (SSSR count). The van der Waals surface area contributed by atoms with Gasteiger partial charge >= 0.3 is 0 Å². The summed E-state index contributed by atoms with van der Waals surface area (Å²) < 4.78 is 1.79. The maximum atomic E-state index is 12.6. The minimum Gasteiger partial charge on any atom is -0.330 e. The number of anilines is 1. The molecule has 2 aromatic rings. The first-order chi connectivity index (χ1) is 12.8. The first kappa shape index (κ1) is 20.4. The van der Waals surface area contributed by atoms with Crippen LogP contribution in [0.1, 0.15) is 35.9 Å². The minimum absolute atomic E-state index is 0.0242. The number of hydrogen-bond acceptors (Lipinski definition) is 3. The van der Waals surface area contributed by atoms with Crippen molar-refractivity contribution in [2.75, 3.05) is 18.4 Å². The van der Waals surface area contributed by atoms with E-state index in [0.717, 1.165) is 34.6 Å². The highest BCUT2D eigenvalue weighted by Gasteiger charge is 2.15. The van der Waals surface area contributed by atoms with Gasteiger partial charge in [-0.3, -0.25) is 14.3 Å². The third-order valence-electron chi connectivity index (χ3n) is 4.52. The van der Waals surface area contributed by atoms with Gasteiger partial charge in [-0.25, -0.2) is 0 Å². The van der Waals surface area contributed by atoms with E-state index < -0.39 is 0 Å². The van der Waals surface area contributed by atoms with Gasteiger partial charge in [-0.15, -0.1) is 0 Å². The average Bonchev–Trinajstić information content (AvgIpc) is 2.86. The molecule has 1 aromatic carbocycles. The van der Waals surface area contributed by atoms with Crippen molar-refractivity contribution < 1.29 is 9.59 Å². The quantitative estimate of drug-likeness (QED) is 0.763. The highest BCUT2D eigenvalue weighted by Crippen LogP contribution is 2.15. The van der Waals surface area contributed by atoms with E-state index in [2.05, 4.69) is 10.4 Å². The van der Waals surface area contributed by atoms with E-state index in [4.69, 9.17) is 0 Å². The molecule has 0 spiro atoms. The van der Waals surface area contributed by atoms with Crippen molar-refractivity contribution in [3.05, 3.63) is 52.9 Å². The summed E-state index contributed by atoms with van der Waals surface area (Å²) in [5.74, 6) is -0.382. The van der Waals surface area contributed by atoms with Crippen LogP contribution in [0.25, 0.3) is 6.08 Å². The topological polar surface area (TPSA) is 67.2 Å². The number of carbonyl (C=O) groups excluding carboxylic acids is 2. The van der Waals surface area contributed by atoms with E-state index in [1.807, 2.05) is 59.0 Å². The largest absolute Gasteiger partial charge is 0.330 e. The molecule has 6 nitrogen and oxygen atoms in total. The average molecular weight is 368 g/mol. The summed E-state index contributed by atoms with van der Waals surface area (Å²) in [5, 5.41) is 7.23. The first-order valence-electron chi connectivity index (χ1n) is 9.16. The second-order valence-corrected chi connectivity index (χ2v) is 6.66. The number of nitrogens with zero attached hydrogens (tertiary/aromatic N) is 3. The molecule has 0 unspecified atom stereocenters. The van der Waals surface area contributed by atoms with E-state index in [1.165, 1.54) is 6.08 Å². The number of para-hydroxylation sites is 1. The van der Waals surface area contributed by atoms with Crippen LogP contribution >= 0.6 is 0 Å². The number of benzene rings is 1. The maximum Gasteiger partial charge on any atom is 0.247 e. The number of nitrogens with one attached hydrogen (secondary N) is 1. The molecular weight excluding hydrogens is 340 g/mol. The number of aromatic nitrogens is 2. The zero-order valence-electron chi connectivity index (χ0n) is 16.7. The molecular formula is C21H28N4O2. The zero-order valence-corrected chi connectivity index (χ0v) is 16.7. The van der Waals surface area contributed by atoms with Crippen LogP contribution in [-0.4, -0.2) is 39.6 Å². The second-order valence-electron chi connectivity index (χ2n) is 6.66. The summed E-state index contributed by atoms with van der Waals surface area (Å²) >= 11 is 0. The molecule has 0 aliphatic heterocycles. The Hall–Kier alpha value is -2.89. The highest BCUT2D eigenvalue weighted by atomic mass is 16.2. The fourth-order valence-corrected chi connectivity index (χ4v) is 2.90. The summed E-state index contributed by atoms with van der Waals surface area (Å²) in [6, 6.07) is 7.59. The molecule has 1 aromatic heterocycles. The number of aryl methyl sites for hydroxylation is 3. The van der Waals surface area contributed by atoms with Gasteiger partial charge in [-0.05, 0) is 44.9 Å². The van der Waals surface area contributed by atoms with E-state index in [0.29, 0.717) is 6.54 Å². The Morgan fingerprint density at radius 1 is 1.22 bits per heavy atom. The lowest BCUT2D eigenvalue weighted by molar-refractivity contribution is -0.130. The lowest BCUT2D eigenvalue weighted by Gasteiger charge is -2.20. The maximum absolute atomic E-state index is 12.6. The van der Waals surface area contributed by atoms with E-state index in [9.17, 15) is 9.59 Å². The van der Waals surface area contributed by atoms with Crippen molar-refractivity contribution in [1.82, 2.24) is 14.7 Å². The van der Waals surface area contributed by atoms with Crippen LogP contribution in [0.3, 0.4) is 0 Å². The lowest BCUT2D eigenvalue weighted by Crippen LogP contribution is -2.37. The van der Waals surface area contributed by atoms with Crippen LogP contribution in [0.2, 0.25) is 0 Å². The highest BCUT2D eigenvalue weighted by molar-refractivity contribution is 5.98. The summed E-state index contributed by atoms with van der Waals surface area (Å²) in [5.41, 5.74) is 4.56. The van der Waals surface area contributed by atoms with Crippen LogP contribution in [0.5, 0.6) is 0 Å². The molecule has 6 heteroatoms. The van der Waals surface area contributed by atoms with Gasteiger partial charge in [0.1, 0.15) is 6.54 Å². The van der Waals surface area contributed by atoms with E-state index >= 15 is 0 Å². The molecule has 0 radical (unpaired) electrons. The summed E-state index contributed by atoms with van der Waals surface area (Å²) in [7, 11) is 1.88. The third kappa shape index (κ3) is 5.29. The molecule has 2 amide bonds. The van der Waals surface area contributed by atoms with Crippen LogP contribution in [0.15, 0.2) is 30.3 Å². The van der Waals surface area contributed by atoms with Gasteiger partial charge in [0, 0.05) is 36.6 Å². The molecule has 0 saturated heterocycles. The predicted molar refractivity (Wildman–Crippen MR) is 108 cm³/mol. The first-order valence-corrected chi connectivity index (χ1v) is 9.16. The molecule has 1 heterocycles. The van der Waals surface area contributed by atoms with Crippen molar-refractivity contribution in [2.45, 2.75) is 34.1 Å². The van der Waals surface area contributed by atoms with Gasteiger partial charge in [0.05, 0.1) is 5.69 Å². The molecule has 0 aliphatic carbocycles. The van der Waals surface area contributed by atoms with E-state index in [-0.39, 0.29) is 18.4 Å².